The fraction of sp³-hybridized carbons (Fsp3) is 0.0400. The van der Waals surface area contributed by atoms with Crippen LogP contribution in [0.5, 0.6) is 0 Å². The highest BCUT2D eigenvalue weighted by Crippen LogP contribution is 2.31. The van der Waals surface area contributed by atoms with Gasteiger partial charge >= 0.3 is 0 Å². The molecule has 0 fully saturated rings. The molecule has 1 heterocycles. The smallest absolute Gasteiger partial charge is 0.168 e. The predicted octanol–water partition coefficient (Wildman–Crippen LogP) is 6.23. The Bertz CT molecular complexity index is 1180. The number of hydrogen-bond acceptors (Lipinski definition) is 2. The van der Waals surface area contributed by atoms with Crippen molar-refractivity contribution >= 4 is 16.3 Å². The standard InChI is InChI=1S/C25H21N3/c1-3-11-20(12-4-2)24-26-27-25(21-14-6-5-7-15-21)28(24)23-18-10-16-19-13-8-9-17-22(19)23/h3-18H,1H2,2H3/b12-4-,20-11+. The molecule has 4 rings (SSSR count). The first kappa shape index (κ1) is 17.7. The highest BCUT2D eigenvalue weighted by molar-refractivity contribution is 5.91. The fourth-order valence-corrected chi connectivity index (χ4v) is 3.39. The topological polar surface area (TPSA) is 30.7 Å². The zero-order valence-corrected chi connectivity index (χ0v) is 15.8. The maximum absolute atomic E-state index is 4.56. The van der Waals surface area contributed by atoms with Crippen LogP contribution < -0.4 is 0 Å². The Morgan fingerprint density at radius 2 is 1.64 bits per heavy atom. The lowest BCUT2D eigenvalue weighted by atomic mass is 10.1. The zero-order chi connectivity index (χ0) is 19.3. The van der Waals surface area contributed by atoms with Crippen molar-refractivity contribution in [1.29, 1.82) is 0 Å². The zero-order valence-electron chi connectivity index (χ0n) is 15.8. The van der Waals surface area contributed by atoms with Crippen molar-refractivity contribution in [2.24, 2.45) is 0 Å². The van der Waals surface area contributed by atoms with Gasteiger partial charge in [-0.3, -0.25) is 4.57 Å². The molecule has 0 aliphatic heterocycles. The molecule has 0 saturated heterocycles. The third-order valence-corrected chi connectivity index (χ3v) is 4.60. The summed E-state index contributed by atoms with van der Waals surface area (Å²) in [5, 5.41) is 11.5. The Kier molecular flexibility index (Phi) is 4.98. The fourth-order valence-electron chi connectivity index (χ4n) is 3.39. The molecule has 1 aromatic heterocycles. The molecule has 0 amide bonds. The Morgan fingerprint density at radius 3 is 2.43 bits per heavy atom. The van der Waals surface area contributed by atoms with Gasteiger partial charge in [0.05, 0.1) is 5.69 Å². The van der Waals surface area contributed by atoms with Gasteiger partial charge in [-0.25, -0.2) is 0 Å². The molecule has 0 aliphatic carbocycles. The van der Waals surface area contributed by atoms with E-state index in [0.29, 0.717) is 0 Å². The molecule has 0 radical (unpaired) electrons. The Morgan fingerprint density at radius 1 is 0.893 bits per heavy atom. The summed E-state index contributed by atoms with van der Waals surface area (Å²) >= 11 is 0. The van der Waals surface area contributed by atoms with E-state index < -0.39 is 0 Å². The van der Waals surface area contributed by atoms with E-state index in [0.717, 1.165) is 33.9 Å². The first-order valence-corrected chi connectivity index (χ1v) is 9.28. The lowest BCUT2D eigenvalue weighted by molar-refractivity contribution is 1.04. The molecule has 28 heavy (non-hydrogen) atoms. The van der Waals surface area contributed by atoms with Crippen molar-refractivity contribution in [2.45, 2.75) is 6.92 Å². The SMILES string of the molecule is C=C/C=C(\C=C/C)c1nnc(-c2ccccc2)n1-c1cccc2ccccc12. The van der Waals surface area contributed by atoms with Gasteiger partial charge in [0, 0.05) is 16.5 Å². The molecule has 0 unspecified atom stereocenters. The summed E-state index contributed by atoms with van der Waals surface area (Å²) in [4.78, 5) is 0. The van der Waals surface area contributed by atoms with Crippen LogP contribution in [0.2, 0.25) is 0 Å². The van der Waals surface area contributed by atoms with Crippen LogP contribution in [0.1, 0.15) is 12.7 Å². The monoisotopic (exact) mass is 363 g/mol. The van der Waals surface area contributed by atoms with E-state index in [1.54, 1.807) is 6.08 Å². The molecule has 3 heteroatoms. The number of fused-ring (bicyclic) bond motifs is 1. The Balaban J connectivity index is 2.07. The number of aromatic nitrogens is 3. The van der Waals surface area contributed by atoms with Crippen LogP contribution in [-0.2, 0) is 0 Å². The average Bonchev–Trinajstić information content (AvgIpc) is 3.18. The summed E-state index contributed by atoms with van der Waals surface area (Å²) in [6, 6.07) is 24.8. The summed E-state index contributed by atoms with van der Waals surface area (Å²) in [5.41, 5.74) is 3.03. The second-order valence-electron chi connectivity index (χ2n) is 6.40. The first-order chi connectivity index (χ1) is 13.8. The third-order valence-electron chi connectivity index (χ3n) is 4.60. The summed E-state index contributed by atoms with van der Waals surface area (Å²) in [7, 11) is 0. The van der Waals surface area contributed by atoms with E-state index in [2.05, 4.69) is 75.9 Å². The van der Waals surface area contributed by atoms with Crippen molar-refractivity contribution in [1.82, 2.24) is 14.8 Å². The van der Waals surface area contributed by atoms with Crippen LogP contribution in [0.25, 0.3) is 33.4 Å². The molecule has 0 spiro atoms. The minimum Gasteiger partial charge on any atom is -0.274 e. The van der Waals surface area contributed by atoms with Crippen LogP contribution in [0.15, 0.2) is 104 Å². The Hall–Kier alpha value is -3.72. The molecule has 3 nitrogen and oxygen atoms in total. The van der Waals surface area contributed by atoms with Gasteiger partial charge < -0.3 is 0 Å². The normalized spacial score (nSPS) is 12.0. The van der Waals surface area contributed by atoms with Crippen LogP contribution in [0.3, 0.4) is 0 Å². The lowest BCUT2D eigenvalue weighted by Gasteiger charge is -2.14. The van der Waals surface area contributed by atoms with Crippen molar-refractivity contribution in [3.05, 3.63) is 110 Å². The molecule has 3 aromatic carbocycles. The number of nitrogens with zero attached hydrogens (tertiary/aromatic N) is 3. The second-order valence-corrected chi connectivity index (χ2v) is 6.40. The van der Waals surface area contributed by atoms with Gasteiger partial charge in [-0.15, -0.1) is 10.2 Å². The highest BCUT2D eigenvalue weighted by atomic mass is 15.3. The number of benzene rings is 3. The third kappa shape index (κ3) is 3.19. The van der Waals surface area contributed by atoms with E-state index in [-0.39, 0.29) is 0 Å². The summed E-state index contributed by atoms with van der Waals surface area (Å²) in [6.45, 7) is 5.85. The molecular weight excluding hydrogens is 342 g/mol. The number of hydrogen-bond donors (Lipinski definition) is 0. The highest BCUT2D eigenvalue weighted by Gasteiger charge is 2.18. The number of allylic oxidation sites excluding steroid dienone is 5. The largest absolute Gasteiger partial charge is 0.274 e. The van der Waals surface area contributed by atoms with E-state index >= 15 is 0 Å². The second kappa shape index (κ2) is 7.89. The van der Waals surface area contributed by atoms with Crippen molar-refractivity contribution in [3.63, 3.8) is 0 Å². The maximum Gasteiger partial charge on any atom is 0.168 e. The molecule has 0 atom stereocenters. The van der Waals surface area contributed by atoms with Gasteiger partial charge in [-0.1, -0.05) is 97.6 Å². The maximum atomic E-state index is 4.56. The van der Waals surface area contributed by atoms with Crippen LogP contribution in [0.4, 0.5) is 0 Å². The Labute approximate surface area is 165 Å². The van der Waals surface area contributed by atoms with E-state index in [1.807, 2.05) is 43.4 Å². The summed E-state index contributed by atoms with van der Waals surface area (Å²) < 4.78 is 2.13. The van der Waals surface area contributed by atoms with E-state index in [1.165, 1.54) is 5.39 Å². The number of rotatable bonds is 5. The summed E-state index contributed by atoms with van der Waals surface area (Å²) in [6.07, 6.45) is 7.77. The molecule has 136 valence electrons. The minimum atomic E-state index is 0.785. The molecular formula is C25H21N3. The minimum absolute atomic E-state index is 0.785. The van der Waals surface area contributed by atoms with Crippen molar-refractivity contribution < 1.29 is 0 Å². The molecule has 0 bridgehead atoms. The van der Waals surface area contributed by atoms with Gasteiger partial charge in [0.25, 0.3) is 0 Å². The average molecular weight is 363 g/mol. The van der Waals surface area contributed by atoms with Gasteiger partial charge in [0.1, 0.15) is 0 Å². The first-order valence-electron chi connectivity index (χ1n) is 9.28. The van der Waals surface area contributed by atoms with Crippen molar-refractivity contribution in [3.8, 4) is 17.1 Å². The van der Waals surface area contributed by atoms with Crippen LogP contribution in [0, 0.1) is 0 Å². The summed E-state index contributed by atoms with van der Waals surface area (Å²) in [5.74, 6) is 1.60. The molecule has 0 saturated carbocycles. The quantitative estimate of drug-likeness (QED) is 0.393. The van der Waals surface area contributed by atoms with Crippen molar-refractivity contribution in [2.75, 3.05) is 0 Å². The van der Waals surface area contributed by atoms with E-state index in [9.17, 15) is 0 Å². The van der Waals surface area contributed by atoms with E-state index in [4.69, 9.17) is 0 Å². The van der Waals surface area contributed by atoms with Gasteiger partial charge in [0.2, 0.25) is 0 Å². The lowest BCUT2D eigenvalue weighted by Crippen LogP contribution is -2.03. The van der Waals surface area contributed by atoms with Gasteiger partial charge in [0.15, 0.2) is 11.6 Å². The van der Waals surface area contributed by atoms with Crippen LogP contribution >= 0.6 is 0 Å². The van der Waals surface area contributed by atoms with Gasteiger partial charge in [-0.2, -0.15) is 0 Å². The molecule has 0 aliphatic rings. The predicted molar refractivity (Wildman–Crippen MR) is 117 cm³/mol. The van der Waals surface area contributed by atoms with Gasteiger partial charge in [-0.05, 0) is 18.4 Å². The molecule has 0 N–H and O–H groups in total. The van der Waals surface area contributed by atoms with Crippen LogP contribution in [-0.4, -0.2) is 14.8 Å². The molecule has 4 aromatic rings.